The first kappa shape index (κ1) is 18.7. The lowest BCUT2D eigenvalue weighted by Gasteiger charge is -2.32. The van der Waals surface area contributed by atoms with E-state index in [0.29, 0.717) is 19.4 Å². The summed E-state index contributed by atoms with van der Waals surface area (Å²) in [5.74, 6) is -0.169. The van der Waals surface area contributed by atoms with Crippen molar-refractivity contribution in [3.8, 4) is 0 Å². The summed E-state index contributed by atoms with van der Waals surface area (Å²) in [6.45, 7) is 6.47. The van der Waals surface area contributed by atoms with Crippen LogP contribution in [0.5, 0.6) is 0 Å². The van der Waals surface area contributed by atoms with Gasteiger partial charge in [-0.05, 0) is 26.2 Å². The van der Waals surface area contributed by atoms with E-state index in [1.54, 1.807) is 7.11 Å². The minimum atomic E-state index is -0.917. The number of hydrogen-bond donors (Lipinski definition) is 3. The SMILES string of the molecule is CCCC(CCC)(C(=O)NC(C)CCOC)C(N)=NO. The molecule has 0 aliphatic carbocycles. The van der Waals surface area contributed by atoms with Crippen LogP contribution in [0.3, 0.4) is 0 Å². The smallest absolute Gasteiger partial charge is 0.234 e. The molecule has 4 N–H and O–H groups in total. The van der Waals surface area contributed by atoms with Crippen LogP contribution in [0, 0.1) is 5.41 Å². The van der Waals surface area contributed by atoms with Crippen LogP contribution in [0.25, 0.3) is 0 Å². The monoisotopic (exact) mass is 287 g/mol. The lowest BCUT2D eigenvalue weighted by atomic mass is 9.77. The molecule has 1 unspecified atom stereocenters. The molecule has 0 spiro atoms. The molecule has 0 aliphatic rings. The van der Waals surface area contributed by atoms with E-state index in [9.17, 15) is 4.79 Å². The molecule has 0 saturated heterocycles. The highest BCUT2D eigenvalue weighted by Gasteiger charge is 2.41. The van der Waals surface area contributed by atoms with Crippen molar-refractivity contribution in [2.75, 3.05) is 13.7 Å². The first-order valence-electron chi connectivity index (χ1n) is 7.26. The third-order valence-corrected chi connectivity index (χ3v) is 3.52. The lowest BCUT2D eigenvalue weighted by molar-refractivity contribution is -0.129. The number of nitrogens with one attached hydrogen (secondary N) is 1. The van der Waals surface area contributed by atoms with E-state index in [0.717, 1.165) is 19.3 Å². The molecule has 0 aromatic heterocycles. The van der Waals surface area contributed by atoms with E-state index in [4.69, 9.17) is 15.7 Å². The quantitative estimate of drug-likeness (QED) is 0.247. The number of hydrogen-bond acceptors (Lipinski definition) is 4. The van der Waals surface area contributed by atoms with Gasteiger partial charge in [-0.2, -0.15) is 0 Å². The fourth-order valence-electron chi connectivity index (χ4n) is 2.40. The minimum absolute atomic E-state index is 0.00218. The van der Waals surface area contributed by atoms with Crippen molar-refractivity contribution in [2.45, 2.75) is 58.9 Å². The van der Waals surface area contributed by atoms with Crippen LogP contribution < -0.4 is 11.1 Å². The summed E-state index contributed by atoms with van der Waals surface area (Å²) in [5.41, 5.74) is 4.90. The van der Waals surface area contributed by atoms with E-state index in [2.05, 4.69) is 10.5 Å². The van der Waals surface area contributed by atoms with E-state index in [1.165, 1.54) is 0 Å². The summed E-state index contributed by atoms with van der Waals surface area (Å²) in [6.07, 6.45) is 3.44. The van der Waals surface area contributed by atoms with Gasteiger partial charge < -0.3 is 21.0 Å². The molecule has 0 saturated carbocycles. The van der Waals surface area contributed by atoms with E-state index < -0.39 is 5.41 Å². The van der Waals surface area contributed by atoms with E-state index in [1.807, 2.05) is 20.8 Å². The van der Waals surface area contributed by atoms with Gasteiger partial charge in [0.2, 0.25) is 5.91 Å². The molecular weight excluding hydrogens is 258 g/mol. The molecule has 0 aromatic carbocycles. The van der Waals surface area contributed by atoms with E-state index in [-0.39, 0.29) is 17.8 Å². The second kappa shape index (κ2) is 9.58. The summed E-state index contributed by atoms with van der Waals surface area (Å²) in [4.78, 5) is 12.6. The average Bonchev–Trinajstić information content (AvgIpc) is 2.43. The summed E-state index contributed by atoms with van der Waals surface area (Å²) in [5, 5.41) is 15.1. The molecule has 1 atom stereocenters. The zero-order valence-corrected chi connectivity index (χ0v) is 13.1. The summed E-state index contributed by atoms with van der Waals surface area (Å²) < 4.78 is 5.00. The van der Waals surface area contributed by atoms with Crippen molar-refractivity contribution in [3.63, 3.8) is 0 Å². The number of amides is 1. The molecule has 118 valence electrons. The topological polar surface area (TPSA) is 96.9 Å². The van der Waals surface area contributed by atoms with Gasteiger partial charge in [0, 0.05) is 19.8 Å². The van der Waals surface area contributed by atoms with Gasteiger partial charge in [0.25, 0.3) is 0 Å². The van der Waals surface area contributed by atoms with Crippen LogP contribution in [0.2, 0.25) is 0 Å². The van der Waals surface area contributed by atoms with Crippen molar-refractivity contribution in [1.82, 2.24) is 5.32 Å². The van der Waals surface area contributed by atoms with Gasteiger partial charge in [-0.3, -0.25) is 4.79 Å². The van der Waals surface area contributed by atoms with Crippen molar-refractivity contribution < 1.29 is 14.7 Å². The molecule has 0 aliphatic heterocycles. The summed E-state index contributed by atoms with van der Waals surface area (Å²) in [7, 11) is 1.63. The average molecular weight is 287 g/mol. The predicted molar refractivity (Wildman–Crippen MR) is 79.8 cm³/mol. The normalized spacial score (nSPS) is 14.1. The van der Waals surface area contributed by atoms with Crippen molar-refractivity contribution in [2.24, 2.45) is 16.3 Å². The number of ether oxygens (including phenoxy) is 1. The molecule has 20 heavy (non-hydrogen) atoms. The Bertz CT molecular complexity index is 313. The molecule has 1 amide bonds. The van der Waals surface area contributed by atoms with Gasteiger partial charge in [0.1, 0.15) is 5.41 Å². The Morgan fingerprint density at radius 2 is 1.95 bits per heavy atom. The summed E-state index contributed by atoms with van der Waals surface area (Å²) >= 11 is 0. The van der Waals surface area contributed by atoms with Gasteiger partial charge in [0.05, 0.1) is 0 Å². The van der Waals surface area contributed by atoms with Crippen LogP contribution >= 0.6 is 0 Å². The van der Waals surface area contributed by atoms with Crippen LogP contribution in [-0.4, -0.2) is 36.7 Å². The Kier molecular flexibility index (Phi) is 8.96. The second-order valence-corrected chi connectivity index (χ2v) is 5.22. The second-order valence-electron chi connectivity index (χ2n) is 5.22. The molecule has 0 bridgehead atoms. The third-order valence-electron chi connectivity index (χ3n) is 3.52. The number of nitrogens with zero attached hydrogens (tertiary/aromatic N) is 1. The van der Waals surface area contributed by atoms with Gasteiger partial charge in [-0.25, -0.2) is 0 Å². The molecular formula is C14H29N3O3. The Balaban J connectivity index is 5.04. The van der Waals surface area contributed by atoms with Gasteiger partial charge in [-0.15, -0.1) is 0 Å². The van der Waals surface area contributed by atoms with Crippen LogP contribution in [0.15, 0.2) is 5.16 Å². The predicted octanol–water partition coefficient (Wildman–Crippen LogP) is 1.86. The number of nitrogens with two attached hydrogens (primary N) is 1. The molecule has 0 rings (SSSR count). The maximum Gasteiger partial charge on any atom is 0.234 e. The fraction of sp³-hybridized carbons (Fsp3) is 0.857. The summed E-state index contributed by atoms with van der Waals surface area (Å²) in [6, 6.07) is -0.0120. The van der Waals surface area contributed by atoms with Crippen molar-refractivity contribution in [3.05, 3.63) is 0 Å². The number of rotatable bonds is 10. The molecule has 0 fully saturated rings. The molecule has 6 nitrogen and oxygen atoms in total. The number of oxime groups is 1. The van der Waals surface area contributed by atoms with E-state index >= 15 is 0 Å². The molecule has 0 heterocycles. The zero-order chi connectivity index (χ0) is 15.6. The van der Waals surface area contributed by atoms with Gasteiger partial charge in [0.15, 0.2) is 5.84 Å². The molecule has 0 aromatic rings. The third kappa shape index (κ3) is 5.00. The maximum atomic E-state index is 12.6. The van der Waals surface area contributed by atoms with Crippen molar-refractivity contribution in [1.29, 1.82) is 0 Å². The highest BCUT2D eigenvalue weighted by molar-refractivity contribution is 6.06. The number of carbonyl (C=O) groups excluding carboxylic acids is 1. The van der Waals surface area contributed by atoms with Gasteiger partial charge >= 0.3 is 0 Å². The number of amidine groups is 1. The van der Waals surface area contributed by atoms with Crippen LogP contribution in [-0.2, 0) is 9.53 Å². The first-order chi connectivity index (χ1) is 9.48. The minimum Gasteiger partial charge on any atom is -0.409 e. The lowest BCUT2D eigenvalue weighted by Crippen LogP contribution is -2.52. The number of methoxy groups -OCH3 is 1. The maximum absolute atomic E-state index is 12.6. The van der Waals surface area contributed by atoms with Crippen LogP contribution in [0.1, 0.15) is 52.9 Å². The Labute approximate surface area is 121 Å². The van der Waals surface area contributed by atoms with Crippen LogP contribution in [0.4, 0.5) is 0 Å². The standard InChI is InChI=1S/C14H29N3O3/c1-5-8-14(9-6-2,12(15)17-19)13(18)16-11(3)7-10-20-4/h11,19H,5-10H2,1-4H3,(H2,15,17)(H,16,18). The highest BCUT2D eigenvalue weighted by Crippen LogP contribution is 2.31. The number of carbonyl (C=O) groups is 1. The Morgan fingerprint density at radius 1 is 1.40 bits per heavy atom. The molecule has 0 radical (unpaired) electrons. The highest BCUT2D eigenvalue weighted by atomic mass is 16.5. The molecule has 6 heteroatoms. The first-order valence-corrected chi connectivity index (χ1v) is 7.26. The largest absolute Gasteiger partial charge is 0.409 e. The van der Waals surface area contributed by atoms with Gasteiger partial charge in [-0.1, -0.05) is 31.8 Å². The van der Waals surface area contributed by atoms with Crippen molar-refractivity contribution >= 4 is 11.7 Å². The zero-order valence-electron chi connectivity index (χ0n) is 13.1. The Morgan fingerprint density at radius 3 is 2.35 bits per heavy atom. The Hall–Kier alpha value is -1.30. The fourth-order valence-corrected chi connectivity index (χ4v) is 2.40.